The monoisotopic (exact) mass is 296 g/mol. The minimum absolute atomic E-state index is 0.229. The highest BCUT2D eigenvalue weighted by Gasteiger charge is 2.14. The third-order valence-electron chi connectivity index (χ3n) is 2.79. The lowest BCUT2D eigenvalue weighted by molar-refractivity contribution is 0.396. The highest BCUT2D eigenvalue weighted by Crippen LogP contribution is 2.31. The Morgan fingerprint density at radius 3 is 2.74 bits per heavy atom. The number of alkyl halides is 1. The number of rotatable bonds is 4. The highest BCUT2D eigenvalue weighted by atomic mass is 35.5. The second-order valence-corrected chi connectivity index (χ2v) is 5.18. The quantitative estimate of drug-likeness (QED) is 0.801. The minimum atomic E-state index is -0.229. The first-order chi connectivity index (χ1) is 9.10. The Labute approximate surface area is 122 Å². The molecule has 0 bridgehead atoms. The zero-order chi connectivity index (χ0) is 13.8. The number of hydrogen-bond donors (Lipinski definition) is 0. The summed E-state index contributed by atoms with van der Waals surface area (Å²) >= 11 is 12.6. The average Bonchev–Trinajstić information content (AvgIpc) is 2.38. The second kappa shape index (κ2) is 6.22. The van der Waals surface area contributed by atoms with Crippen LogP contribution < -0.4 is 4.74 Å². The Kier molecular flexibility index (Phi) is 4.61. The van der Waals surface area contributed by atoms with Gasteiger partial charge in [0.15, 0.2) is 0 Å². The van der Waals surface area contributed by atoms with Gasteiger partial charge in [0.05, 0.1) is 12.5 Å². The Hall–Kier alpha value is -1.32. The van der Waals surface area contributed by atoms with E-state index in [1.165, 1.54) is 6.33 Å². The molecule has 1 atom stereocenters. The summed E-state index contributed by atoms with van der Waals surface area (Å²) in [6.45, 7) is 1.99. The van der Waals surface area contributed by atoms with Crippen molar-refractivity contribution < 1.29 is 4.74 Å². The molecule has 1 unspecified atom stereocenters. The van der Waals surface area contributed by atoms with E-state index in [-0.39, 0.29) is 5.38 Å². The van der Waals surface area contributed by atoms with Gasteiger partial charge in [-0.2, -0.15) is 0 Å². The van der Waals surface area contributed by atoms with Crippen LogP contribution in [0.3, 0.4) is 0 Å². The first kappa shape index (κ1) is 14.1. The predicted octanol–water partition coefficient (Wildman–Crippen LogP) is 3.97. The van der Waals surface area contributed by atoms with E-state index in [2.05, 4.69) is 9.97 Å². The standard InChI is InChI=1S/C14H14Cl2N2O/c1-9-3-4-11(12(15)5-9)13(16)6-10-7-14(19-2)18-8-17-10/h3-5,7-8,13H,6H2,1-2H3. The molecule has 0 N–H and O–H groups in total. The summed E-state index contributed by atoms with van der Waals surface area (Å²) < 4.78 is 5.06. The van der Waals surface area contributed by atoms with Crippen LogP contribution in [0.2, 0.25) is 5.02 Å². The highest BCUT2D eigenvalue weighted by molar-refractivity contribution is 6.32. The Morgan fingerprint density at radius 1 is 1.26 bits per heavy atom. The minimum Gasteiger partial charge on any atom is -0.481 e. The summed E-state index contributed by atoms with van der Waals surface area (Å²) in [6, 6.07) is 7.63. The molecule has 0 aliphatic rings. The van der Waals surface area contributed by atoms with Crippen molar-refractivity contribution >= 4 is 23.2 Å². The number of hydrogen-bond acceptors (Lipinski definition) is 3. The molecule has 0 aliphatic heterocycles. The molecule has 0 spiro atoms. The molecule has 19 heavy (non-hydrogen) atoms. The Morgan fingerprint density at radius 2 is 2.05 bits per heavy atom. The van der Waals surface area contributed by atoms with Gasteiger partial charge < -0.3 is 4.74 Å². The second-order valence-electron chi connectivity index (χ2n) is 4.25. The van der Waals surface area contributed by atoms with E-state index in [1.54, 1.807) is 13.2 Å². The van der Waals surface area contributed by atoms with Gasteiger partial charge in [-0.05, 0) is 24.1 Å². The van der Waals surface area contributed by atoms with E-state index in [9.17, 15) is 0 Å². The van der Waals surface area contributed by atoms with E-state index in [0.29, 0.717) is 17.3 Å². The molecule has 2 aromatic rings. The summed E-state index contributed by atoms with van der Waals surface area (Å²) in [5.41, 5.74) is 2.84. The molecular formula is C14H14Cl2N2O. The topological polar surface area (TPSA) is 35.0 Å². The molecule has 0 saturated carbocycles. The van der Waals surface area contributed by atoms with Gasteiger partial charge >= 0.3 is 0 Å². The fourth-order valence-electron chi connectivity index (χ4n) is 1.78. The SMILES string of the molecule is COc1cc(CC(Cl)c2ccc(C)cc2Cl)ncn1. The molecule has 3 nitrogen and oxygen atoms in total. The van der Waals surface area contributed by atoms with Crippen molar-refractivity contribution in [3.8, 4) is 5.88 Å². The van der Waals surface area contributed by atoms with Crippen LogP contribution in [0, 0.1) is 6.92 Å². The van der Waals surface area contributed by atoms with E-state index in [0.717, 1.165) is 16.8 Å². The summed E-state index contributed by atoms with van der Waals surface area (Å²) in [4.78, 5) is 8.15. The van der Waals surface area contributed by atoms with Crippen LogP contribution >= 0.6 is 23.2 Å². The average molecular weight is 297 g/mol. The summed E-state index contributed by atoms with van der Waals surface area (Å²) in [7, 11) is 1.57. The lowest BCUT2D eigenvalue weighted by Gasteiger charge is -2.12. The van der Waals surface area contributed by atoms with Crippen molar-refractivity contribution in [1.29, 1.82) is 0 Å². The first-order valence-electron chi connectivity index (χ1n) is 5.85. The van der Waals surface area contributed by atoms with Crippen LogP contribution in [-0.4, -0.2) is 17.1 Å². The van der Waals surface area contributed by atoms with Crippen LogP contribution in [0.1, 0.15) is 22.2 Å². The van der Waals surface area contributed by atoms with Gasteiger partial charge in [-0.3, -0.25) is 0 Å². The molecule has 2 rings (SSSR count). The molecule has 1 aromatic heterocycles. The molecule has 5 heteroatoms. The fraction of sp³-hybridized carbons (Fsp3) is 0.286. The third-order valence-corrected chi connectivity index (χ3v) is 3.51. The molecule has 100 valence electrons. The van der Waals surface area contributed by atoms with Gasteiger partial charge in [0, 0.05) is 23.2 Å². The molecule has 1 heterocycles. The fourth-order valence-corrected chi connectivity index (χ4v) is 2.55. The number of aryl methyl sites for hydroxylation is 1. The zero-order valence-corrected chi connectivity index (χ0v) is 12.2. The van der Waals surface area contributed by atoms with Crippen molar-refractivity contribution in [2.24, 2.45) is 0 Å². The predicted molar refractivity (Wildman–Crippen MR) is 77.1 cm³/mol. The van der Waals surface area contributed by atoms with Crippen molar-refractivity contribution in [1.82, 2.24) is 9.97 Å². The van der Waals surface area contributed by atoms with E-state index < -0.39 is 0 Å². The Balaban J connectivity index is 2.17. The van der Waals surface area contributed by atoms with Gasteiger partial charge in [0.1, 0.15) is 6.33 Å². The maximum absolute atomic E-state index is 6.41. The summed E-state index contributed by atoms with van der Waals surface area (Å²) in [5.74, 6) is 0.531. The lowest BCUT2D eigenvalue weighted by Crippen LogP contribution is -2.00. The van der Waals surface area contributed by atoms with Crippen LogP contribution in [0.5, 0.6) is 5.88 Å². The maximum atomic E-state index is 6.41. The van der Waals surface area contributed by atoms with E-state index in [1.807, 2.05) is 25.1 Å². The number of benzene rings is 1. The molecule has 0 fully saturated rings. The van der Waals surface area contributed by atoms with Crippen LogP contribution in [-0.2, 0) is 6.42 Å². The normalized spacial score (nSPS) is 12.2. The molecule has 0 amide bonds. The number of ether oxygens (including phenoxy) is 1. The third kappa shape index (κ3) is 3.58. The lowest BCUT2D eigenvalue weighted by atomic mass is 10.1. The molecule has 0 saturated heterocycles. The van der Waals surface area contributed by atoms with E-state index in [4.69, 9.17) is 27.9 Å². The van der Waals surface area contributed by atoms with Crippen molar-refractivity contribution in [3.05, 3.63) is 52.4 Å². The summed E-state index contributed by atoms with van der Waals surface area (Å²) in [5, 5.41) is 0.453. The number of nitrogens with zero attached hydrogens (tertiary/aromatic N) is 2. The first-order valence-corrected chi connectivity index (χ1v) is 6.66. The molecule has 0 radical (unpaired) electrons. The van der Waals surface area contributed by atoms with Crippen LogP contribution in [0.25, 0.3) is 0 Å². The molecular weight excluding hydrogens is 283 g/mol. The largest absolute Gasteiger partial charge is 0.481 e. The van der Waals surface area contributed by atoms with E-state index >= 15 is 0 Å². The van der Waals surface area contributed by atoms with Crippen molar-refractivity contribution in [2.45, 2.75) is 18.7 Å². The molecule has 1 aromatic carbocycles. The summed E-state index contributed by atoms with van der Waals surface area (Å²) in [6.07, 6.45) is 2.04. The van der Waals surface area contributed by atoms with Crippen molar-refractivity contribution in [2.75, 3.05) is 7.11 Å². The zero-order valence-electron chi connectivity index (χ0n) is 10.7. The van der Waals surface area contributed by atoms with Gasteiger partial charge in [-0.25, -0.2) is 9.97 Å². The van der Waals surface area contributed by atoms with Crippen LogP contribution in [0.15, 0.2) is 30.6 Å². The smallest absolute Gasteiger partial charge is 0.216 e. The van der Waals surface area contributed by atoms with Gasteiger partial charge in [0.2, 0.25) is 5.88 Å². The van der Waals surface area contributed by atoms with Crippen LogP contribution in [0.4, 0.5) is 0 Å². The number of halogens is 2. The molecule has 0 aliphatic carbocycles. The Bertz CT molecular complexity index is 575. The van der Waals surface area contributed by atoms with Gasteiger partial charge in [0.25, 0.3) is 0 Å². The van der Waals surface area contributed by atoms with Gasteiger partial charge in [-0.15, -0.1) is 11.6 Å². The number of aromatic nitrogens is 2. The van der Waals surface area contributed by atoms with Gasteiger partial charge in [-0.1, -0.05) is 23.7 Å². The number of methoxy groups -OCH3 is 1. The van der Waals surface area contributed by atoms with Crippen molar-refractivity contribution in [3.63, 3.8) is 0 Å². The maximum Gasteiger partial charge on any atom is 0.216 e.